The van der Waals surface area contributed by atoms with Crippen molar-refractivity contribution in [3.63, 3.8) is 0 Å². The van der Waals surface area contributed by atoms with E-state index < -0.39 is 36.9 Å². The van der Waals surface area contributed by atoms with E-state index in [-0.39, 0.29) is 6.61 Å². The Morgan fingerprint density at radius 2 is 1.86 bits per heavy atom. The van der Waals surface area contributed by atoms with Gasteiger partial charge in [-0.1, -0.05) is 30.3 Å². The molecule has 1 aromatic carbocycles. The molecule has 1 saturated heterocycles. The summed E-state index contributed by atoms with van der Waals surface area (Å²) >= 11 is 0. The Balaban J connectivity index is 2.06. The first-order valence-electron chi connectivity index (χ1n) is 6.07. The molecule has 0 saturated carbocycles. The number of amides is 1. The van der Waals surface area contributed by atoms with Crippen molar-refractivity contribution in [1.82, 2.24) is 4.90 Å². The maximum Gasteiger partial charge on any atom is 0.413 e. The number of nitrogens with zero attached hydrogens (tertiary/aromatic N) is 1. The zero-order valence-corrected chi connectivity index (χ0v) is 10.8. The molecule has 8 heteroatoms. The molecular weight excluding hydrogens is 282 g/mol. The standard InChI is InChI=1S/C13H13NO7/c15-11(16)9-7-20-10(12(17)18)14(9)13(19)21-6-8-4-2-1-3-5-8/h1-5,9-10H,6-7H2,(H,15,16)(H,17,18). The molecule has 2 rings (SSSR count). The molecule has 2 N–H and O–H groups in total. The molecule has 0 bridgehead atoms. The van der Waals surface area contributed by atoms with Gasteiger partial charge in [0.15, 0.2) is 6.04 Å². The van der Waals surface area contributed by atoms with Crippen LogP contribution in [-0.4, -0.2) is 52.0 Å². The smallest absolute Gasteiger partial charge is 0.413 e. The second kappa shape index (κ2) is 6.23. The lowest BCUT2D eigenvalue weighted by Gasteiger charge is -2.22. The van der Waals surface area contributed by atoms with E-state index in [0.29, 0.717) is 10.5 Å². The van der Waals surface area contributed by atoms with Crippen molar-refractivity contribution in [2.24, 2.45) is 0 Å². The van der Waals surface area contributed by atoms with Crippen LogP contribution < -0.4 is 0 Å². The number of carbonyl (C=O) groups excluding carboxylic acids is 1. The topological polar surface area (TPSA) is 113 Å². The molecule has 1 fully saturated rings. The van der Waals surface area contributed by atoms with E-state index in [1.54, 1.807) is 30.3 Å². The van der Waals surface area contributed by atoms with Crippen molar-refractivity contribution in [2.45, 2.75) is 18.9 Å². The summed E-state index contributed by atoms with van der Waals surface area (Å²) in [6.07, 6.45) is -2.70. The van der Waals surface area contributed by atoms with Gasteiger partial charge in [0.25, 0.3) is 0 Å². The third-order valence-electron chi connectivity index (χ3n) is 2.91. The SMILES string of the molecule is O=C(O)C1COC(C(=O)O)N1C(=O)OCc1ccccc1. The predicted octanol–water partition coefficient (Wildman–Crippen LogP) is 0.519. The Morgan fingerprint density at radius 3 is 2.43 bits per heavy atom. The highest BCUT2D eigenvalue weighted by Crippen LogP contribution is 2.19. The summed E-state index contributed by atoms with van der Waals surface area (Å²) in [6, 6.07) is 7.36. The van der Waals surface area contributed by atoms with Crippen LogP contribution in [0, 0.1) is 0 Å². The normalized spacial score (nSPS) is 21.0. The van der Waals surface area contributed by atoms with Gasteiger partial charge in [-0.2, -0.15) is 0 Å². The first-order chi connectivity index (χ1) is 10.0. The van der Waals surface area contributed by atoms with Gasteiger partial charge in [-0.05, 0) is 5.56 Å². The summed E-state index contributed by atoms with van der Waals surface area (Å²) in [6.45, 7) is -0.485. The van der Waals surface area contributed by atoms with Gasteiger partial charge < -0.3 is 19.7 Å². The Morgan fingerprint density at radius 1 is 1.19 bits per heavy atom. The monoisotopic (exact) mass is 295 g/mol. The fourth-order valence-electron chi connectivity index (χ4n) is 1.90. The molecule has 0 aliphatic carbocycles. The Hall–Kier alpha value is -2.61. The van der Waals surface area contributed by atoms with Gasteiger partial charge in [-0.3, -0.25) is 4.90 Å². The van der Waals surface area contributed by atoms with Crippen LogP contribution in [0.1, 0.15) is 5.56 Å². The number of hydrogen-bond donors (Lipinski definition) is 2. The second-order valence-corrected chi connectivity index (χ2v) is 4.33. The fourth-order valence-corrected chi connectivity index (χ4v) is 1.90. The lowest BCUT2D eigenvalue weighted by molar-refractivity contribution is -0.154. The minimum atomic E-state index is -1.66. The van der Waals surface area contributed by atoms with E-state index >= 15 is 0 Å². The van der Waals surface area contributed by atoms with Crippen molar-refractivity contribution < 1.29 is 34.1 Å². The summed E-state index contributed by atoms with van der Waals surface area (Å²) < 4.78 is 9.77. The molecule has 112 valence electrons. The molecular formula is C13H13NO7. The van der Waals surface area contributed by atoms with Crippen molar-refractivity contribution >= 4 is 18.0 Å². The lowest BCUT2D eigenvalue weighted by Crippen LogP contribution is -2.48. The number of hydrogen-bond acceptors (Lipinski definition) is 5. The zero-order chi connectivity index (χ0) is 15.4. The molecule has 2 unspecified atom stereocenters. The quantitative estimate of drug-likeness (QED) is 0.832. The molecule has 1 aliphatic heterocycles. The van der Waals surface area contributed by atoms with Crippen molar-refractivity contribution in [1.29, 1.82) is 0 Å². The predicted molar refractivity (Wildman–Crippen MR) is 67.3 cm³/mol. The lowest BCUT2D eigenvalue weighted by atomic mass is 10.2. The van der Waals surface area contributed by atoms with Crippen LogP contribution in [0.5, 0.6) is 0 Å². The minimum Gasteiger partial charge on any atom is -0.480 e. The van der Waals surface area contributed by atoms with Gasteiger partial charge in [0.05, 0.1) is 6.61 Å². The highest BCUT2D eigenvalue weighted by Gasteiger charge is 2.46. The van der Waals surface area contributed by atoms with Gasteiger partial charge >= 0.3 is 18.0 Å². The third kappa shape index (κ3) is 3.29. The molecule has 21 heavy (non-hydrogen) atoms. The van der Waals surface area contributed by atoms with E-state index in [2.05, 4.69) is 0 Å². The van der Waals surface area contributed by atoms with Gasteiger partial charge in [-0.15, -0.1) is 0 Å². The summed E-state index contributed by atoms with van der Waals surface area (Å²) in [5.74, 6) is -2.80. The molecule has 1 aliphatic rings. The molecule has 2 atom stereocenters. The number of aliphatic carboxylic acids is 2. The van der Waals surface area contributed by atoms with Crippen molar-refractivity contribution in [3.8, 4) is 0 Å². The number of carboxylic acid groups (broad SMARTS) is 2. The Labute approximate surface area is 119 Å². The number of ether oxygens (including phenoxy) is 2. The summed E-state index contributed by atoms with van der Waals surface area (Å²) in [5, 5.41) is 17.9. The van der Waals surface area contributed by atoms with E-state index in [1.165, 1.54) is 0 Å². The zero-order valence-electron chi connectivity index (χ0n) is 10.8. The van der Waals surface area contributed by atoms with Gasteiger partial charge in [0, 0.05) is 0 Å². The maximum atomic E-state index is 11.9. The second-order valence-electron chi connectivity index (χ2n) is 4.33. The number of carbonyl (C=O) groups is 3. The number of carboxylic acids is 2. The Bertz CT molecular complexity index is 523. The molecule has 1 amide bonds. The van der Waals surface area contributed by atoms with Gasteiger partial charge in [0.1, 0.15) is 6.61 Å². The van der Waals surface area contributed by atoms with Crippen LogP contribution in [0.3, 0.4) is 0 Å². The van der Waals surface area contributed by atoms with Gasteiger partial charge in [-0.25, -0.2) is 14.4 Å². The maximum absolute atomic E-state index is 11.9. The van der Waals surface area contributed by atoms with E-state index in [0.717, 1.165) is 0 Å². The largest absolute Gasteiger partial charge is 0.480 e. The van der Waals surface area contributed by atoms with Gasteiger partial charge in [0.2, 0.25) is 6.23 Å². The van der Waals surface area contributed by atoms with Crippen LogP contribution in [0.4, 0.5) is 4.79 Å². The number of rotatable bonds is 4. The van der Waals surface area contributed by atoms with E-state index in [9.17, 15) is 14.4 Å². The molecule has 1 heterocycles. The average molecular weight is 295 g/mol. The molecule has 1 aromatic rings. The first kappa shape index (κ1) is 14.8. The van der Waals surface area contributed by atoms with E-state index in [4.69, 9.17) is 19.7 Å². The van der Waals surface area contributed by atoms with Crippen LogP contribution >= 0.6 is 0 Å². The minimum absolute atomic E-state index is 0.0884. The summed E-state index contributed by atoms with van der Waals surface area (Å²) in [5.41, 5.74) is 0.699. The first-order valence-corrected chi connectivity index (χ1v) is 6.07. The number of benzene rings is 1. The highest BCUT2D eigenvalue weighted by atomic mass is 16.6. The molecule has 0 spiro atoms. The molecule has 0 aromatic heterocycles. The third-order valence-corrected chi connectivity index (χ3v) is 2.91. The summed E-state index contributed by atoms with van der Waals surface area (Å²) in [4.78, 5) is 34.6. The van der Waals surface area contributed by atoms with Crippen LogP contribution in [-0.2, 0) is 25.7 Å². The summed E-state index contributed by atoms with van der Waals surface area (Å²) in [7, 11) is 0. The van der Waals surface area contributed by atoms with Crippen molar-refractivity contribution in [2.75, 3.05) is 6.61 Å². The Kier molecular flexibility index (Phi) is 4.39. The van der Waals surface area contributed by atoms with E-state index in [1.807, 2.05) is 0 Å². The average Bonchev–Trinajstić information content (AvgIpc) is 2.91. The highest BCUT2D eigenvalue weighted by molar-refractivity contribution is 5.85. The molecule has 8 nitrogen and oxygen atoms in total. The van der Waals surface area contributed by atoms with Crippen LogP contribution in [0.25, 0.3) is 0 Å². The molecule has 0 radical (unpaired) electrons. The van der Waals surface area contributed by atoms with Crippen LogP contribution in [0.2, 0.25) is 0 Å². The fraction of sp³-hybridized carbons (Fsp3) is 0.308. The van der Waals surface area contributed by atoms with Crippen molar-refractivity contribution in [3.05, 3.63) is 35.9 Å². The van der Waals surface area contributed by atoms with Crippen LogP contribution in [0.15, 0.2) is 30.3 Å².